The summed E-state index contributed by atoms with van der Waals surface area (Å²) >= 11 is 1.55. The fraction of sp³-hybridized carbons (Fsp3) is 0.429. The lowest BCUT2D eigenvalue weighted by Crippen LogP contribution is -2.69. The Morgan fingerprint density at radius 1 is 1.19 bits per heavy atom. The fourth-order valence-corrected chi connectivity index (χ4v) is 4.91. The van der Waals surface area contributed by atoms with Crippen molar-refractivity contribution in [2.45, 2.75) is 50.1 Å². The highest BCUT2D eigenvalue weighted by molar-refractivity contribution is 7.08. The molecule has 1 atom stereocenters. The molecule has 142 valence electrons. The van der Waals surface area contributed by atoms with E-state index in [9.17, 15) is 9.59 Å². The molecule has 1 unspecified atom stereocenters. The molecule has 1 N–H and O–H groups in total. The number of hydrogen-bond donors (Lipinski definition) is 1. The minimum atomic E-state index is -0.955. The van der Waals surface area contributed by atoms with Crippen LogP contribution in [0, 0.1) is 0 Å². The number of anilines is 1. The van der Waals surface area contributed by atoms with Crippen molar-refractivity contribution in [3.8, 4) is 5.75 Å². The van der Waals surface area contributed by atoms with Gasteiger partial charge < -0.3 is 10.1 Å². The van der Waals surface area contributed by atoms with E-state index in [-0.39, 0.29) is 24.3 Å². The largest absolute Gasteiger partial charge is 0.497 e. The van der Waals surface area contributed by atoms with E-state index < -0.39 is 5.54 Å². The second-order valence-corrected chi connectivity index (χ2v) is 8.06. The van der Waals surface area contributed by atoms with Crippen LogP contribution in [0.1, 0.15) is 44.1 Å². The summed E-state index contributed by atoms with van der Waals surface area (Å²) in [6.45, 7) is 0. The van der Waals surface area contributed by atoms with Gasteiger partial charge in [0.1, 0.15) is 5.75 Å². The van der Waals surface area contributed by atoms with Gasteiger partial charge >= 0.3 is 0 Å². The average molecular weight is 385 g/mol. The number of hydrogen-bond acceptors (Lipinski definition) is 4. The molecule has 2 aliphatic rings. The highest BCUT2D eigenvalue weighted by Gasteiger charge is 2.58. The van der Waals surface area contributed by atoms with Gasteiger partial charge in [0.15, 0.2) is 5.54 Å². The second-order valence-electron chi connectivity index (χ2n) is 7.28. The summed E-state index contributed by atoms with van der Waals surface area (Å²) in [5.41, 5.74) is 0.650. The van der Waals surface area contributed by atoms with Crippen molar-refractivity contribution in [2.24, 2.45) is 0 Å². The van der Waals surface area contributed by atoms with Gasteiger partial charge in [-0.3, -0.25) is 14.5 Å². The van der Waals surface area contributed by atoms with Gasteiger partial charge in [-0.2, -0.15) is 11.3 Å². The molecule has 1 saturated carbocycles. The molecule has 1 aliphatic carbocycles. The van der Waals surface area contributed by atoms with Crippen LogP contribution in [0.3, 0.4) is 0 Å². The lowest BCUT2D eigenvalue weighted by Gasteiger charge is -2.50. The standard InChI is InChI=1S/C21H24N2O3S/c1-26-18-9-7-17(8-10-18)23-19(24)13-21(23,15-11-12-27-14-15)20(25)22-16-5-3-2-4-6-16/h7-12,14,16H,2-6,13H2,1H3,(H,22,25). The van der Waals surface area contributed by atoms with E-state index >= 15 is 0 Å². The SMILES string of the molecule is COc1ccc(N2C(=O)CC2(C(=O)NC2CCCCC2)c2ccsc2)cc1. The second kappa shape index (κ2) is 7.35. The molecule has 1 aromatic heterocycles. The van der Waals surface area contributed by atoms with Gasteiger partial charge in [0, 0.05) is 11.7 Å². The zero-order valence-electron chi connectivity index (χ0n) is 15.4. The predicted octanol–water partition coefficient (Wildman–Crippen LogP) is 3.84. The Bertz CT molecular complexity index is 812. The number of nitrogens with zero attached hydrogens (tertiary/aromatic N) is 1. The van der Waals surface area contributed by atoms with Crippen LogP contribution >= 0.6 is 11.3 Å². The van der Waals surface area contributed by atoms with Crippen LogP contribution in [0.4, 0.5) is 5.69 Å². The summed E-state index contributed by atoms with van der Waals surface area (Å²) in [5, 5.41) is 7.17. The number of carbonyl (C=O) groups is 2. The van der Waals surface area contributed by atoms with Gasteiger partial charge in [-0.05, 0) is 59.5 Å². The van der Waals surface area contributed by atoms with Crippen molar-refractivity contribution in [1.29, 1.82) is 0 Å². The summed E-state index contributed by atoms with van der Waals surface area (Å²) in [5.74, 6) is 0.618. The Morgan fingerprint density at radius 3 is 2.52 bits per heavy atom. The number of amides is 2. The van der Waals surface area contributed by atoms with E-state index in [2.05, 4.69) is 5.32 Å². The third-order valence-corrected chi connectivity index (χ3v) is 6.37. The van der Waals surface area contributed by atoms with E-state index in [4.69, 9.17) is 4.74 Å². The smallest absolute Gasteiger partial charge is 0.251 e. The first-order valence-corrected chi connectivity index (χ1v) is 10.4. The highest BCUT2D eigenvalue weighted by atomic mass is 32.1. The molecule has 27 heavy (non-hydrogen) atoms. The third kappa shape index (κ3) is 3.12. The molecule has 0 bridgehead atoms. The van der Waals surface area contributed by atoms with Gasteiger partial charge in [-0.1, -0.05) is 19.3 Å². The van der Waals surface area contributed by atoms with Crippen LogP contribution in [0.2, 0.25) is 0 Å². The molecule has 1 aliphatic heterocycles. The number of thiophene rings is 1. The molecule has 6 heteroatoms. The Labute approximate surface area is 163 Å². The van der Waals surface area contributed by atoms with Crippen LogP contribution in [0.25, 0.3) is 0 Å². The van der Waals surface area contributed by atoms with Crippen molar-refractivity contribution in [3.63, 3.8) is 0 Å². The first-order valence-electron chi connectivity index (χ1n) is 9.46. The van der Waals surface area contributed by atoms with Gasteiger partial charge in [0.2, 0.25) is 5.91 Å². The van der Waals surface area contributed by atoms with E-state index in [0.717, 1.165) is 42.7 Å². The van der Waals surface area contributed by atoms with Crippen molar-refractivity contribution in [1.82, 2.24) is 5.32 Å². The number of ether oxygens (including phenoxy) is 1. The number of rotatable bonds is 5. The lowest BCUT2D eigenvalue weighted by atomic mass is 9.76. The van der Waals surface area contributed by atoms with Crippen LogP contribution < -0.4 is 15.0 Å². The summed E-state index contributed by atoms with van der Waals surface area (Å²) in [7, 11) is 1.61. The van der Waals surface area contributed by atoms with Gasteiger partial charge in [-0.15, -0.1) is 0 Å². The minimum absolute atomic E-state index is 0.0369. The quantitative estimate of drug-likeness (QED) is 0.797. The molecule has 0 spiro atoms. The molecular formula is C21H24N2O3S. The van der Waals surface area contributed by atoms with Gasteiger partial charge in [-0.25, -0.2) is 0 Å². The Kier molecular flexibility index (Phi) is 4.91. The monoisotopic (exact) mass is 384 g/mol. The molecule has 4 rings (SSSR count). The average Bonchev–Trinajstić information content (AvgIpc) is 3.22. The van der Waals surface area contributed by atoms with Crippen molar-refractivity contribution < 1.29 is 14.3 Å². The highest BCUT2D eigenvalue weighted by Crippen LogP contribution is 2.46. The molecule has 2 amide bonds. The topological polar surface area (TPSA) is 58.6 Å². The summed E-state index contributed by atoms with van der Waals surface area (Å²) in [6, 6.07) is 9.47. The van der Waals surface area contributed by atoms with Crippen LogP contribution in [-0.2, 0) is 15.1 Å². The maximum absolute atomic E-state index is 13.4. The molecule has 1 aromatic carbocycles. The van der Waals surface area contributed by atoms with E-state index in [1.54, 1.807) is 23.3 Å². The Hall–Kier alpha value is -2.34. The first kappa shape index (κ1) is 18.0. The molecule has 5 nitrogen and oxygen atoms in total. The number of methoxy groups -OCH3 is 1. The lowest BCUT2D eigenvalue weighted by molar-refractivity contribution is -0.140. The normalized spacial score (nSPS) is 23.0. The number of benzene rings is 1. The van der Waals surface area contributed by atoms with E-state index in [0.29, 0.717) is 0 Å². The third-order valence-electron chi connectivity index (χ3n) is 5.68. The zero-order chi connectivity index (χ0) is 18.9. The Morgan fingerprint density at radius 2 is 1.93 bits per heavy atom. The predicted molar refractivity (Wildman–Crippen MR) is 106 cm³/mol. The molecule has 1 saturated heterocycles. The van der Waals surface area contributed by atoms with Crippen molar-refractivity contribution >= 4 is 28.8 Å². The minimum Gasteiger partial charge on any atom is -0.497 e. The number of carbonyl (C=O) groups excluding carboxylic acids is 2. The van der Waals surface area contributed by atoms with Crippen molar-refractivity contribution in [2.75, 3.05) is 12.0 Å². The Balaban J connectivity index is 1.67. The molecule has 2 heterocycles. The zero-order valence-corrected chi connectivity index (χ0v) is 16.3. The molecular weight excluding hydrogens is 360 g/mol. The molecule has 2 aromatic rings. The molecule has 0 radical (unpaired) electrons. The maximum atomic E-state index is 13.4. The summed E-state index contributed by atoms with van der Waals surface area (Å²) in [6.07, 6.45) is 5.77. The first-order chi connectivity index (χ1) is 13.1. The summed E-state index contributed by atoms with van der Waals surface area (Å²) < 4.78 is 5.22. The van der Waals surface area contributed by atoms with Crippen LogP contribution in [0.5, 0.6) is 5.75 Å². The fourth-order valence-electron chi connectivity index (χ4n) is 4.19. The van der Waals surface area contributed by atoms with Crippen molar-refractivity contribution in [3.05, 3.63) is 46.7 Å². The summed E-state index contributed by atoms with van der Waals surface area (Å²) in [4.78, 5) is 27.7. The molecule has 2 fully saturated rings. The number of β-lactam (4-membered cyclic amide) rings is 1. The van der Waals surface area contributed by atoms with Crippen LogP contribution in [0.15, 0.2) is 41.1 Å². The maximum Gasteiger partial charge on any atom is 0.251 e. The van der Waals surface area contributed by atoms with Gasteiger partial charge in [0.25, 0.3) is 5.91 Å². The van der Waals surface area contributed by atoms with Gasteiger partial charge in [0.05, 0.1) is 13.5 Å². The van der Waals surface area contributed by atoms with E-state index in [1.807, 2.05) is 41.1 Å². The van der Waals surface area contributed by atoms with E-state index in [1.165, 1.54) is 6.42 Å². The van der Waals surface area contributed by atoms with Crippen LogP contribution in [-0.4, -0.2) is 25.0 Å². The number of nitrogens with one attached hydrogen (secondary N) is 1.